The molecule has 0 heterocycles. The van der Waals surface area contributed by atoms with Gasteiger partial charge in [0, 0.05) is 37.8 Å². The number of carbonyl (C=O) groups excluding carboxylic acids is 3. The number of carbonyl (C=O) groups is 3. The number of hydrogen-bond acceptors (Lipinski definition) is 7. The molecule has 2 atom stereocenters. The van der Waals surface area contributed by atoms with E-state index in [0.29, 0.717) is 35.1 Å². The SMILES string of the molecule is CCCCCC=CCCC(=O)OC(CC(=O)[O-])C[N+](C)(C)C.CCCCCCCCCCCCOC(CC(=O)[O-])C[N+](C)(C)C. The van der Waals surface area contributed by atoms with E-state index in [2.05, 4.69) is 19.9 Å². The lowest BCUT2D eigenvalue weighted by atomic mass is 10.1. The van der Waals surface area contributed by atoms with Gasteiger partial charge in [-0.25, -0.2) is 0 Å². The number of hydrogen-bond donors (Lipinski definition) is 0. The highest BCUT2D eigenvalue weighted by Crippen LogP contribution is 2.12. The number of nitrogens with zero attached hydrogens (tertiary/aromatic N) is 2. The third-order valence-corrected chi connectivity index (χ3v) is 7.10. The van der Waals surface area contributed by atoms with Crippen molar-refractivity contribution in [3.05, 3.63) is 12.2 Å². The van der Waals surface area contributed by atoms with Crippen molar-refractivity contribution < 1.29 is 43.0 Å². The Morgan fingerprint density at radius 1 is 0.600 bits per heavy atom. The second-order valence-electron chi connectivity index (χ2n) is 14.4. The van der Waals surface area contributed by atoms with Crippen LogP contribution in [0.25, 0.3) is 0 Å². The minimum atomic E-state index is -1.19. The minimum Gasteiger partial charge on any atom is -0.550 e. The van der Waals surface area contributed by atoms with E-state index in [9.17, 15) is 24.6 Å². The smallest absolute Gasteiger partial charge is 0.306 e. The number of quaternary nitrogens is 2. The molecule has 0 aromatic carbocycles. The lowest BCUT2D eigenvalue weighted by Crippen LogP contribution is -2.45. The first-order chi connectivity index (χ1) is 21.1. The van der Waals surface area contributed by atoms with Crippen molar-refractivity contribution in [1.82, 2.24) is 0 Å². The summed E-state index contributed by atoms with van der Waals surface area (Å²) in [7, 11) is 11.9. The maximum Gasteiger partial charge on any atom is 0.306 e. The number of unbranched alkanes of at least 4 members (excludes halogenated alkanes) is 12. The van der Waals surface area contributed by atoms with Gasteiger partial charge in [-0.15, -0.1) is 0 Å². The van der Waals surface area contributed by atoms with Crippen LogP contribution < -0.4 is 10.2 Å². The van der Waals surface area contributed by atoms with Crippen molar-refractivity contribution in [3.8, 4) is 0 Å². The van der Waals surface area contributed by atoms with Crippen molar-refractivity contribution >= 4 is 17.9 Å². The number of likely N-dealkylation sites (N-methyl/N-ethyl adjacent to an activating group) is 2. The number of esters is 1. The Kier molecular flexibility index (Phi) is 28.4. The molecule has 45 heavy (non-hydrogen) atoms. The number of allylic oxidation sites excluding steroid dienone is 2. The molecule has 0 fully saturated rings. The van der Waals surface area contributed by atoms with Crippen molar-refractivity contribution in [1.29, 1.82) is 0 Å². The van der Waals surface area contributed by atoms with E-state index < -0.39 is 18.0 Å². The topological polar surface area (TPSA) is 116 Å². The number of rotatable bonds is 28. The molecule has 0 saturated carbocycles. The average Bonchev–Trinajstić information content (AvgIpc) is 2.89. The van der Waals surface area contributed by atoms with Crippen LogP contribution in [0.15, 0.2) is 12.2 Å². The fourth-order valence-electron chi connectivity index (χ4n) is 4.95. The van der Waals surface area contributed by atoms with Crippen LogP contribution in [0.3, 0.4) is 0 Å². The lowest BCUT2D eigenvalue weighted by molar-refractivity contribution is -0.873. The molecule has 266 valence electrons. The molecule has 9 nitrogen and oxygen atoms in total. The first-order valence-electron chi connectivity index (χ1n) is 17.6. The number of aliphatic carboxylic acids is 2. The number of carboxylic acid groups (broad SMARTS) is 2. The zero-order chi connectivity index (χ0) is 34.6. The first-order valence-corrected chi connectivity index (χ1v) is 17.6. The van der Waals surface area contributed by atoms with Gasteiger partial charge in [-0.05, 0) is 25.7 Å². The third kappa shape index (κ3) is 38.1. The minimum absolute atomic E-state index is 0.00667. The molecule has 0 aliphatic rings. The van der Waals surface area contributed by atoms with Crippen LogP contribution >= 0.6 is 0 Å². The summed E-state index contributed by atoms with van der Waals surface area (Å²) >= 11 is 0. The summed E-state index contributed by atoms with van der Waals surface area (Å²) in [6.07, 6.45) is 21.4. The molecule has 0 aliphatic heterocycles. The van der Waals surface area contributed by atoms with Crippen LogP contribution in [0.2, 0.25) is 0 Å². The normalized spacial score (nSPS) is 13.2. The van der Waals surface area contributed by atoms with E-state index in [4.69, 9.17) is 9.47 Å². The second-order valence-corrected chi connectivity index (χ2v) is 14.4. The van der Waals surface area contributed by atoms with Gasteiger partial charge in [0.05, 0.1) is 42.3 Å². The van der Waals surface area contributed by atoms with Gasteiger partial charge in [-0.2, -0.15) is 0 Å². The molecule has 9 heteroatoms. The van der Waals surface area contributed by atoms with E-state index in [1.807, 2.05) is 48.4 Å². The van der Waals surface area contributed by atoms with E-state index in [0.717, 1.165) is 12.8 Å². The zero-order valence-corrected chi connectivity index (χ0v) is 30.4. The Morgan fingerprint density at radius 3 is 1.51 bits per heavy atom. The summed E-state index contributed by atoms with van der Waals surface area (Å²) in [5.41, 5.74) is 0. The van der Waals surface area contributed by atoms with Crippen LogP contribution in [0.1, 0.15) is 129 Å². The molecular weight excluding hydrogens is 572 g/mol. The highest BCUT2D eigenvalue weighted by atomic mass is 16.5. The van der Waals surface area contributed by atoms with E-state index >= 15 is 0 Å². The van der Waals surface area contributed by atoms with Gasteiger partial charge in [0.1, 0.15) is 19.2 Å². The fraction of sp³-hybridized carbons (Fsp3) is 0.861. The van der Waals surface area contributed by atoms with Gasteiger partial charge in [-0.3, -0.25) is 4.79 Å². The molecule has 0 aliphatic carbocycles. The van der Waals surface area contributed by atoms with E-state index in [1.54, 1.807) is 0 Å². The van der Waals surface area contributed by atoms with Crippen molar-refractivity contribution in [2.24, 2.45) is 0 Å². The number of carboxylic acids is 2. The van der Waals surface area contributed by atoms with E-state index in [1.165, 1.54) is 77.0 Å². The number of ether oxygens (including phenoxy) is 2. The lowest BCUT2D eigenvalue weighted by Gasteiger charge is -2.29. The summed E-state index contributed by atoms with van der Waals surface area (Å²) < 4.78 is 12.3. The van der Waals surface area contributed by atoms with Crippen molar-refractivity contribution in [2.75, 3.05) is 62.0 Å². The Labute approximate surface area is 276 Å². The molecular formula is C36H70N2O7. The maximum absolute atomic E-state index is 11.8. The summed E-state index contributed by atoms with van der Waals surface area (Å²) in [6, 6.07) is 0. The molecule has 0 saturated heterocycles. The van der Waals surface area contributed by atoms with Crippen LogP contribution in [0, 0.1) is 0 Å². The Hall–Kier alpha value is -1.97. The highest BCUT2D eigenvalue weighted by Gasteiger charge is 2.22. The standard InChI is InChI=1S/C19H39NO3.C17H31NO4/c1-5-6-7-8-9-10-11-12-13-14-15-23-18(16-19(21)22)17-20(2,3)4;1-5-6-7-8-9-10-11-12-17(21)22-15(13-16(19)20)14-18(2,3)4/h18H,5-17H2,1-4H3;9-10,15H,5-8,11-14H2,1-4H3. The average molecular weight is 643 g/mol. The molecule has 0 rings (SSSR count). The van der Waals surface area contributed by atoms with E-state index in [-0.39, 0.29) is 31.3 Å². The van der Waals surface area contributed by atoms with Crippen LogP contribution in [0.5, 0.6) is 0 Å². The zero-order valence-electron chi connectivity index (χ0n) is 30.4. The highest BCUT2D eigenvalue weighted by molar-refractivity contribution is 5.71. The summed E-state index contributed by atoms with van der Waals surface area (Å²) in [5, 5.41) is 21.5. The third-order valence-electron chi connectivity index (χ3n) is 7.10. The monoisotopic (exact) mass is 643 g/mol. The molecule has 0 bridgehead atoms. The predicted molar refractivity (Wildman–Crippen MR) is 179 cm³/mol. The summed E-state index contributed by atoms with van der Waals surface area (Å²) in [6.45, 7) is 6.23. The summed E-state index contributed by atoms with van der Waals surface area (Å²) in [5.74, 6) is -2.56. The Bertz CT molecular complexity index is 772. The van der Waals surface area contributed by atoms with Crippen LogP contribution in [0.4, 0.5) is 0 Å². The predicted octanol–water partition coefficient (Wildman–Crippen LogP) is 4.80. The van der Waals surface area contributed by atoms with Gasteiger partial charge < -0.3 is 38.2 Å². The summed E-state index contributed by atoms with van der Waals surface area (Å²) in [4.78, 5) is 33.3. The Balaban J connectivity index is 0. The maximum atomic E-state index is 11.8. The van der Waals surface area contributed by atoms with Crippen molar-refractivity contribution in [2.45, 2.75) is 142 Å². The largest absolute Gasteiger partial charge is 0.550 e. The van der Waals surface area contributed by atoms with Crippen LogP contribution in [-0.4, -0.2) is 101 Å². The quantitative estimate of drug-likeness (QED) is 0.0521. The molecule has 0 aromatic heterocycles. The molecule has 0 aromatic rings. The Morgan fingerprint density at radius 2 is 1.02 bits per heavy atom. The van der Waals surface area contributed by atoms with Gasteiger partial charge >= 0.3 is 5.97 Å². The molecule has 2 unspecified atom stereocenters. The molecule has 0 spiro atoms. The second kappa shape index (κ2) is 28.3. The van der Waals surface area contributed by atoms with Gasteiger partial charge in [0.15, 0.2) is 6.10 Å². The van der Waals surface area contributed by atoms with Crippen LogP contribution in [-0.2, 0) is 23.9 Å². The van der Waals surface area contributed by atoms with Gasteiger partial charge in [-0.1, -0.05) is 96.6 Å². The first kappa shape index (κ1) is 45.2. The molecule has 0 radical (unpaired) electrons. The fourth-order valence-corrected chi connectivity index (χ4v) is 4.95. The molecule has 0 N–H and O–H groups in total. The van der Waals surface area contributed by atoms with Gasteiger partial charge in [0.25, 0.3) is 0 Å². The van der Waals surface area contributed by atoms with Gasteiger partial charge in [0.2, 0.25) is 0 Å². The molecule has 0 amide bonds. The van der Waals surface area contributed by atoms with Crippen molar-refractivity contribution in [3.63, 3.8) is 0 Å².